The molecule has 7 nitrogen and oxygen atoms in total. The van der Waals surface area contributed by atoms with Crippen LogP contribution in [0.3, 0.4) is 0 Å². The molecule has 1 aromatic rings. The number of fused-ring (bicyclic) bond motifs is 1. The third kappa shape index (κ3) is 2.42. The average Bonchev–Trinajstić information content (AvgIpc) is 2.98. The largest absolute Gasteiger partial charge is 0.467 e. The number of ether oxygens (including phenoxy) is 1. The highest BCUT2D eigenvalue weighted by Gasteiger charge is 2.50. The molecular formula is C16H20N4O3. The highest BCUT2D eigenvalue weighted by Crippen LogP contribution is 2.33. The number of hydrazine groups is 1. The molecule has 0 spiro atoms. The van der Waals surface area contributed by atoms with Crippen molar-refractivity contribution in [3.05, 3.63) is 35.9 Å². The number of hydrogen-bond donors (Lipinski definition) is 0. The summed E-state index contributed by atoms with van der Waals surface area (Å²) in [5.74, 6) is 0.228. The lowest BCUT2D eigenvalue weighted by Crippen LogP contribution is -2.58. The van der Waals surface area contributed by atoms with Gasteiger partial charge in [0.1, 0.15) is 0 Å². The van der Waals surface area contributed by atoms with Crippen LogP contribution >= 0.6 is 0 Å². The lowest BCUT2D eigenvalue weighted by atomic mass is 10.1. The van der Waals surface area contributed by atoms with E-state index < -0.39 is 6.04 Å². The van der Waals surface area contributed by atoms with Gasteiger partial charge in [0.2, 0.25) is 0 Å². The van der Waals surface area contributed by atoms with Gasteiger partial charge in [-0.3, -0.25) is 0 Å². The standard InChI is InChI=1S/C16H20N4O3/c1-4-12-10-13(15(21)23-3)20-14(11-8-6-5-7-9-11)17-18(2)16(22)19(12)20/h5-9,12-13H,4,10H2,1-3H3. The van der Waals surface area contributed by atoms with E-state index in [1.807, 2.05) is 37.3 Å². The summed E-state index contributed by atoms with van der Waals surface area (Å²) in [5.41, 5.74) is 0.850. The number of hydrazone groups is 1. The Labute approximate surface area is 135 Å². The minimum Gasteiger partial charge on any atom is -0.467 e. The van der Waals surface area contributed by atoms with Crippen LogP contribution in [-0.4, -0.2) is 59.1 Å². The summed E-state index contributed by atoms with van der Waals surface area (Å²) in [7, 11) is 2.99. The van der Waals surface area contributed by atoms with Gasteiger partial charge >= 0.3 is 12.0 Å². The van der Waals surface area contributed by atoms with Gasteiger partial charge in [-0.25, -0.2) is 24.6 Å². The van der Waals surface area contributed by atoms with E-state index in [0.717, 1.165) is 12.0 Å². The molecule has 0 bridgehead atoms. The van der Waals surface area contributed by atoms with Crippen LogP contribution in [0.15, 0.2) is 35.4 Å². The van der Waals surface area contributed by atoms with Gasteiger partial charge in [-0.2, -0.15) is 0 Å². The molecule has 7 heteroatoms. The third-order valence-corrected chi connectivity index (χ3v) is 4.28. The molecule has 2 aliphatic rings. The minimum absolute atomic E-state index is 0.0525. The van der Waals surface area contributed by atoms with Crippen LogP contribution in [0.1, 0.15) is 25.3 Å². The van der Waals surface area contributed by atoms with Crippen molar-refractivity contribution >= 4 is 17.8 Å². The first-order valence-corrected chi connectivity index (χ1v) is 7.66. The third-order valence-electron chi connectivity index (χ3n) is 4.28. The minimum atomic E-state index is -0.540. The van der Waals surface area contributed by atoms with Gasteiger partial charge in [0, 0.05) is 19.0 Å². The van der Waals surface area contributed by atoms with Crippen molar-refractivity contribution in [1.29, 1.82) is 0 Å². The number of methoxy groups -OCH3 is 1. The fourth-order valence-electron chi connectivity index (χ4n) is 3.11. The maximum atomic E-state index is 12.6. The number of benzene rings is 1. The van der Waals surface area contributed by atoms with E-state index >= 15 is 0 Å². The van der Waals surface area contributed by atoms with E-state index in [1.54, 1.807) is 17.1 Å². The maximum Gasteiger partial charge on any atom is 0.359 e. The topological polar surface area (TPSA) is 65.5 Å². The molecule has 0 aromatic heterocycles. The van der Waals surface area contributed by atoms with Gasteiger partial charge < -0.3 is 4.74 Å². The summed E-state index contributed by atoms with van der Waals surface area (Å²) in [5, 5.41) is 9.04. The Hall–Kier alpha value is -2.57. The molecule has 0 saturated carbocycles. The zero-order valence-corrected chi connectivity index (χ0v) is 13.5. The van der Waals surface area contributed by atoms with Gasteiger partial charge in [-0.15, -0.1) is 5.10 Å². The molecule has 0 N–H and O–H groups in total. The van der Waals surface area contributed by atoms with Crippen molar-refractivity contribution in [2.24, 2.45) is 5.10 Å². The van der Waals surface area contributed by atoms with Crippen LogP contribution in [-0.2, 0) is 9.53 Å². The molecule has 1 fully saturated rings. The van der Waals surface area contributed by atoms with Gasteiger partial charge in [-0.1, -0.05) is 37.3 Å². The van der Waals surface area contributed by atoms with Crippen molar-refractivity contribution < 1.29 is 14.3 Å². The SMILES string of the molecule is CCC1CC(C(=O)OC)N2C(c3ccccc3)=NN(C)C(=O)N12. The number of esters is 1. The highest BCUT2D eigenvalue weighted by molar-refractivity contribution is 6.03. The quantitative estimate of drug-likeness (QED) is 0.796. The summed E-state index contributed by atoms with van der Waals surface area (Å²) in [6.45, 7) is 2.00. The van der Waals surface area contributed by atoms with E-state index in [-0.39, 0.29) is 18.0 Å². The van der Waals surface area contributed by atoms with Crippen molar-refractivity contribution in [2.45, 2.75) is 31.8 Å². The van der Waals surface area contributed by atoms with Crippen molar-refractivity contribution in [2.75, 3.05) is 14.2 Å². The summed E-state index contributed by atoms with van der Waals surface area (Å²) in [4.78, 5) is 24.8. The number of amidine groups is 1. The molecule has 1 aromatic carbocycles. The normalized spacial score (nSPS) is 23.7. The molecule has 0 radical (unpaired) electrons. The van der Waals surface area contributed by atoms with Gasteiger partial charge in [0.25, 0.3) is 0 Å². The van der Waals surface area contributed by atoms with Crippen LogP contribution in [0.25, 0.3) is 0 Å². The highest BCUT2D eigenvalue weighted by atomic mass is 16.5. The summed E-state index contributed by atoms with van der Waals surface area (Å²) < 4.78 is 4.94. The summed E-state index contributed by atoms with van der Waals surface area (Å²) in [6, 6.07) is 8.71. The van der Waals surface area contributed by atoms with E-state index in [9.17, 15) is 9.59 Å². The molecule has 0 aliphatic carbocycles. The fraction of sp³-hybridized carbons (Fsp3) is 0.438. The van der Waals surface area contributed by atoms with E-state index in [2.05, 4.69) is 5.10 Å². The predicted molar refractivity (Wildman–Crippen MR) is 84.3 cm³/mol. The molecule has 23 heavy (non-hydrogen) atoms. The van der Waals surface area contributed by atoms with Crippen LogP contribution in [0, 0.1) is 0 Å². The maximum absolute atomic E-state index is 12.6. The van der Waals surface area contributed by atoms with Crippen molar-refractivity contribution in [1.82, 2.24) is 15.0 Å². The summed E-state index contributed by atoms with van der Waals surface area (Å²) in [6.07, 6.45) is 1.29. The number of carbonyl (C=O) groups excluding carboxylic acids is 2. The Morgan fingerprint density at radius 1 is 1.30 bits per heavy atom. The predicted octanol–water partition coefficient (Wildman–Crippen LogP) is 1.66. The molecule has 3 rings (SSSR count). The van der Waals surface area contributed by atoms with Gasteiger partial charge in [0.05, 0.1) is 13.2 Å². The smallest absolute Gasteiger partial charge is 0.359 e. The second-order valence-corrected chi connectivity index (χ2v) is 5.62. The Morgan fingerprint density at radius 2 is 2.00 bits per heavy atom. The molecule has 2 amide bonds. The second kappa shape index (κ2) is 5.91. The Balaban J connectivity index is 2.10. The lowest BCUT2D eigenvalue weighted by molar-refractivity contribution is -0.146. The first kappa shape index (κ1) is 15.3. The van der Waals surface area contributed by atoms with Crippen molar-refractivity contribution in [3.63, 3.8) is 0 Å². The van der Waals surface area contributed by atoms with E-state index in [1.165, 1.54) is 12.1 Å². The van der Waals surface area contributed by atoms with Crippen LogP contribution in [0.4, 0.5) is 4.79 Å². The zero-order valence-electron chi connectivity index (χ0n) is 13.5. The molecule has 2 unspecified atom stereocenters. The Kier molecular flexibility index (Phi) is 3.94. The molecule has 122 valence electrons. The van der Waals surface area contributed by atoms with E-state index in [0.29, 0.717) is 12.3 Å². The molecule has 2 atom stereocenters. The number of rotatable bonds is 3. The Bertz CT molecular complexity index is 646. The van der Waals surface area contributed by atoms with Crippen LogP contribution < -0.4 is 0 Å². The first-order valence-electron chi connectivity index (χ1n) is 7.66. The molecule has 1 saturated heterocycles. The average molecular weight is 316 g/mol. The number of amides is 2. The lowest BCUT2D eigenvalue weighted by Gasteiger charge is -2.40. The van der Waals surface area contributed by atoms with Gasteiger partial charge in [-0.05, 0) is 6.42 Å². The first-order chi connectivity index (χ1) is 11.1. The monoisotopic (exact) mass is 316 g/mol. The molecule has 2 aliphatic heterocycles. The fourth-order valence-corrected chi connectivity index (χ4v) is 3.11. The Morgan fingerprint density at radius 3 is 2.61 bits per heavy atom. The van der Waals surface area contributed by atoms with Crippen molar-refractivity contribution in [3.8, 4) is 0 Å². The summed E-state index contributed by atoms with van der Waals surface area (Å²) >= 11 is 0. The van der Waals surface area contributed by atoms with E-state index in [4.69, 9.17) is 4.74 Å². The number of hydrogen-bond acceptors (Lipinski definition) is 5. The number of urea groups is 1. The van der Waals surface area contributed by atoms with Crippen LogP contribution in [0.5, 0.6) is 0 Å². The molecular weight excluding hydrogens is 296 g/mol. The van der Waals surface area contributed by atoms with Gasteiger partial charge in [0.15, 0.2) is 11.9 Å². The zero-order chi connectivity index (χ0) is 16.6. The second-order valence-electron chi connectivity index (χ2n) is 5.62. The number of carbonyl (C=O) groups is 2. The number of nitrogens with zero attached hydrogens (tertiary/aromatic N) is 4. The van der Waals surface area contributed by atoms with Crippen LogP contribution in [0.2, 0.25) is 0 Å². The molecule has 2 heterocycles.